The summed E-state index contributed by atoms with van der Waals surface area (Å²) in [7, 11) is 5.99. The van der Waals surface area contributed by atoms with Crippen LogP contribution in [0.2, 0.25) is 0 Å². The van der Waals surface area contributed by atoms with Gasteiger partial charge in [0, 0.05) is 12.8 Å². The highest BCUT2D eigenvalue weighted by Gasteiger charge is 2.25. The number of carboxylic acid groups (broad SMARTS) is 1. The maximum atomic E-state index is 13.0. The van der Waals surface area contributed by atoms with Gasteiger partial charge in [0.2, 0.25) is 0 Å². The average molecular weight is 1470 g/mol. The smallest absolute Gasteiger partial charge is 0.361 e. The molecule has 0 fully saturated rings. The zero-order valence-electron chi connectivity index (χ0n) is 69.6. The molecule has 0 amide bonds. The van der Waals surface area contributed by atoms with Gasteiger partial charge in [-0.15, -0.1) is 0 Å². The van der Waals surface area contributed by atoms with E-state index in [0.29, 0.717) is 17.4 Å². The van der Waals surface area contributed by atoms with Gasteiger partial charge in [-0.1, -0.05) is 411 Å². The van der Waals surface area contributed by atoms with Gasteiger partial charge in [-0.25, -0.2) is 4.79 Å². The summed E-state index contributed by atoms with van der Waals surface area (Å²) in [5.74, 6) is -1.99. The third-order valence-corrected chi connectivity index (χ3v) is 19.7. The quantitative estimate of drug-likeness (QED) is 0.0211. The van der Waals surface area contributed by atoms with E-state index in [-0.39, 0.29) is 32.2 Å². The number of nitrogens with zero attached hydrogens (tertiary/aromatic N) is 1. The Kier molecular flexibility index (Phi) is 81.8. The van der Waals surface area contributed by atoms with Crippen molar-refractivity contribution in [2.24, 2.45) is 0 Å². The van der Waals surface area contributed by atoms with Crippen LogP contribution in [0.1, 0.15) is 412 Å². The molecule has 0 aromatic rings. The molecule has 0 spiro atoms. The van der Waals surface area contributed by atoms with Crippen LogP contribution in [0.25, 0.3) is 0 Å². The minimum Gasteiger partial charge on any atom is -0.477 e. The highest BCUT2D eigenvalue weighted by Crippen LogP contribution is 2.20. The first kappa shape index (κ1) is 101. The van der Waals surface area contributed by atoms with Gasteiger partial charge >= 0.3 is 17.9 Å². The van der Waals surface area contributed by atoms with E-state index in [2.05, 4.69) is 135 Å². The Labute approximate surface area is 650 Å². The number of carbonyl (C=O) groups is 3. The SMILES string of the molecule is CC/C=C\C/C=C\C/C=C\C/C=C\C/C=C\C/C=C\C/C=C\C/C=C\CCCCCCCCCCCCCCCCC(=O)OC(COC(=O)CCCCCCCCCCCCCCCCCCCCCCCCCCCCCCC/C=C\C/C=C\CCCCCCC)COC(OCC[N+](C)(C)C)C(=O)O. The number of carboxylic acids is 1. The number of carbonyl (C=O) groups excluding carboxylic acids is 2. The predicted octanol–water partition coefficient (Wildman–Crippen LogP) is 29.4. The lowest BCUT2D eigenvalue weighted by Crippen LogP contribution is -2.40. The first-order valence-corrected chi connectivity index (χ1v) is 44.7. The van der Waals surface area contributed by atoms with Crippen molar-refractivity contribution in [3.8, 4) is 0 Å². The summed E-state index contributed by atoms with van der Waals surface area (Å²) in [5.41, 5.74) is 0. The molecule has 0 aliphatic heterocycles. The molecule has 9 nitrogen and oxygen atoms in total. The molecule has 2 unspecified atom stereocenters. The minimum atomic E-state index is -1.52. The standard InChI is InChI=1S/C96H169NO8/c1-6-8-10-12-14-16-18-20-22-24-26-28-30-32-34-36-38-40-42-44-46-47-49-50-52-54-56-58-60-62-64-66-68-70-72-74-76-78-80-82-84-86-93(98)103-90-92(91-104-96(95(100)101)102-89-88-97(3,4)5)105-94(99)87-85-83-81-79-77-75-73-71-69-67-65-63-61-59-57-55-53-51-48-45-43-41-39-37-35-33-31-29-27-25-23-21-19-17-15-13-11-9-7-2/h9,11,15,17-18,20-21,23-24,26-27,29,33,35,39,41,45,48,53,55,92,96H,6-8,10,12-14,16,19,22,25,28,30-32,34,36-38,40,42-44,46-47,49-52,54,56-91H2,1-5H3/p+1/b11-9-,17-15-,20-18-,23-21-,26-24-,29-27-,35-33-,41-39-,48-45-,55-53-. The Bertz CT molecular complexity index is 2160. The Morgan fingerprint density at radius 1 is 0.295 bits per heavy atom. The molecule has 0 aromatic heterocycles. The van der Waals surface area contributed by atoms with E-state index >= 15 is 0 Å². The molecule has 0 saturated heterocycles. The van der Waals surface area contributed by atoms with Crippen molar-refractivity contribution in [2.75, 3.05) is 47.5 Å². The molecule has 0 aliphatic carbocycles. The van der Waals surface area contributed by atoms with Crippen LogP contribution >= 0.6 is 0 Å². The fourth-order valence-corrected chi connectivity index (χ4v) is 12.9. The van der Waals surface area contributed by atoms with Gasteiger partial charge in [0.05, 0.1) is 34.4 Å². The average Bonchev–Trinajstić information content (AvgIpc) is 1.97. The molecule has 0 rings (SSSR count). The largest absolute Gasteiger partial charge is 0.477 e. The number of aliphatic carboxylic acids is 1. The number of quaternary nitrogens is 1. The van der Waals surface area contributed by atoms with Crippen LogP contribution < -0.4 is 0 Å². The van der Waals surface area contributed by atoms with Crippen LogP contribution in [0, 0.1) is 0 Å². The lowest BCUT2D eigenvalue weighted by Gasteiger charge is -2.25. The summed E-state index contributed by atoms with van der Waals surface area (Å²) in [6.45, 7) is 4.80. The van der Waals surface area contributed by atoms with Crippen molar-refractivity contribution in [2.45, 2.75) is 424 Å². The topological polar surface area (TPSA) is 108 Å². The van der Waals surface area contributed by atoms with Crippen molar-refractivity contribution in [3.63, 3.8) is 0 Å². The number of allylic oxidation sites excluding steroid dienone is 20. The molecule has 0 aromatic carbocycles. The molecule has 9 heteroatoms. The zero-order valence-corrected chi connectivity index (χ0v) is 69.6. The molecule has 606 valence electrons. The fourth-order valence-electron chi connectivity index (χ4n) is 12.9. The third kappa shape index (κ3) is 86.8. The molecular formula is C96H170NO8+. The van der Waals surface area contributed by atoms with Gasteiger partial charge in [0.25, 0.3) is 6.29 Å². The van der Waals surface area contributed by atoms with Crippen molar-refractivity contribution in [1.29, 1.82) is 0 Å². The number of hydrogen-bond donors (Lipinski definition) is 1. The van der Waals surface area contributed by atoms with Gasteiger partial charge in [-0.2, -0.15) is 0 Å². The summed E-state index contributed by atoms with van der Waals surface area (Å²) in [6.07, 6.45) is 120. The van der Waals surface area contributed by atoms with E-state index in [1.54, 1.807) is 0 Å². The highest BCUT2D eigenvalue weighted by molar-refractivity contribution is 5.71. The predicted molar refractivity (Wildman–Crippen MR) is 456 cm³/mol. The van der Waals surface area contributed by atoms with Gasteiger partial charge in [0.1, 0.15) is 13.2 Å². The number of rotatable bonds is 83. The van der Waals surface area contributed by atoms with E-state index < -0.39 is 24.3 Å². The third-order valence-electron chi connectivity index (χ3n) is 19.7. The number of esters is 2. The van der Waals surface area contributed by atoms with Crippen LogP contribution in [-0.4, -0.2) is 87.4 Å². The maximum absolute atomic E-state index is 13.0. The van der Waals surface area contributed by atoms with Crippen LogP contribution in [0.4, 0.5) is 0 Å². The second-order valence-corrected chi connectivity index (χ2v) is 31.2. The van der Waals surface area contributed by atoms with E-state index in [4.69, 9.17) is 18.9 Å². The summed E-state index contributed by atoms with van der Waals surface area (Å²) >= 11 is 0. The Morgan fingerprint density at radius 3 is 0.810 bits per heavy atom. The van der Waals surface area contributed by atoms with Crippen LogP contribution in [0.15, 0.2) is 122 Å². The van der Waals surface area contributed by atoms with Crippen molar-refractivity contribution < 1.29 is 42.9 Å². The number of likely N-dealkylation sites (N-methyl/N-ethyl adjacent to an activating group) is 1. The molecule has 0 saturated carbocycles. The van der Waals surface area contributed by atoms with Crippen LogP contribution in [0.3, 0.4) is 0 Å². The fraction of sp³-hybridized carbons (Fsp3) is 0.760. The van der Waals surface area contributed by atoms with Crippen molar-refractivity contribution in [1.82, 2.24) is 0 Å². The first-order valence-electron chi connectivity index (χ1n) is 44.7. The molecule has 1 N–H and O–H groups in total. The maximum Gasteiger partial charge on any atom is 0.361 e. The summed E-state index contributed by atoms with van der Waals surface area (Å²) < 4.78 is 23.1. The first-order chi connectivity index (χ1) is 51.6. The number of hydrogen-bond acceptors (Lipinski definition) is 7. The van der Waals surface area contributed by atoms with Gasteiger partial charge in [0.15, 0.2) is 6.10 Å². The Morgan fingerprint density at radius 2 is 0.543 bits per heavy atom. The summed E-state index contributed by atoms with van der Waals surface area (Å²) in [4.78, 5) is 37.8. The molecule has 2 atom stereocenters. The lowest BCUT2D eigenvalue weighted by atomic mass is 10.0. The normalized spacial score (nSPS) is 13.2. The Hall–Kier alpha value is -4.31. The number of ether oxygens (including phenoxy) is 4. The van der Waals surface area contributed by atoms with E-state index in [1.807, 2.05) is 21.1 Å². The zero-order chi connectivity index (χ0) is 76.0. The minimum absolute atomic E-state index is 0.182. The highest BCUT2D eigenvalue weighted by atomic mass is 16.7. The lowest BCUT2D eigenvalue weighted by molar-refractivity contribution is -0.870. The van der Waals surface area contributed by atoms with E-state index in [1.165, 1.54) is 289 Å². The van der Waals surface area contributed by atoms with Gasteiger partial charge in [-0.3, -0.25) is 9.59 Å². The molecule has 0 aliphatic rings. The van der Waals surface area contributed by atoms with Crippen LogP contribution in [-0.2, 0) is 33.3 Å². The van der Waals surface area contributed by atoms with Crippen LogP contribution in [0.5, 0.6) is 0 Å². The number of unbranched alkanes of at least 4 members (excludes halogenated alkanes) is 48. The van der Waals surface area contributed by atoms with Crippen molar-refractivity contribution >= 4 is 17.9 Å². The van der Waals surface area contributed by atoms with Gasteiger partial charge in [-0.05, 0) is 109 Å². The van der Waals surface area contributed by atoms with Gasteiger partial charge < -0.3 is 28.5 Å². The van der Waals surface area contributed by atoms with Crippen molar-refractivity contribution in [3.05, 3.63) is 122 Å². The molecule has 0 heterocycles. The summed E-state index contributed by atoms with van der Waals surface area (Å²) in [6, 6.07) is 0. The summed E-state index contributed by atoms with van der Waals surface area (Å²) in [5, 5.41) is 9.80. The monoisotopic (exact) mass is 1470 g/mol. The Balaban J connectivity index is 3.95. The second-order valence-electron chi connectivity index (χ2n) is 31.2. The van der Waals surface area contributed by atoms with E-state index in [0.717, 1.165) is 96.3 Å². The second kappa shape index (κ2) is 85.3. The van der Waals surface area contributed by atoms with E-state index in [9.17, 15) is 19.5 Å². The molecular weight excluding hydrogens is 1300 g/mol. The molecule has 105 heavy (non-hydrogen) atoms. The molecule has 0 radical (unpaired) electrons. The molecule has 0 bridgehead atoms.